The van der Waals surface area contributed by atoms with E-state index in [9.17, 15) is 9.18 Å². The first kappa shape index (κ1) is 22.8. The van der Waals surface area contributed by atoms with Gasteiger partial charge in [0.05, 0.1) is 38.9 Å². The lowest BCUT2D eigenvalue weighted by atomic mass is 9.90. The van der Waals surface area contributed by atoms with E-state index >= 15 is 0 Å². The molecule has 1 amide bonds. The first-order valence-corrected chi connectivity index (χ1v) is 12.8. The lowest BCUT2D eigenvalue weighted by Gasteiger charge is -2.32. The Labute approximate surface area is 214 Å². The molecular weight excluding hydrogens is 501 g/mol. The molecule has 0 saturated heterocycles. The second-order valence-electron chi connectivity index (χ2n) is 8.73. The number of nitrogens with zero attached hydrogens (tertiary/aromatic N) is 6. The summed E-state index contributed by atoms with van der Waals surface area (Å²) >= 11 is 7.28. The third-order valence-corrected chi connectivity index (χ3v) is 7.67. The lowest BCUT2D eigenvalue weighted by Crippen LogP contribution is -2.38. The van der Waals surface area contributed by atoms with E-state index in [1.165, 1.54) is 22.2 Å². The Morgan fingerprint density at radius 2 is 1.97 bits per heavy atom. The zero-order valence-electron chi connectivity index (χ0n) is 19.0. The molecule has 6 rings (SSSR count). The van der Waals surface area contributed by atoms with E-state index in [-0.39, 0.29) is 23.8 Å². The van der Waals surface area contributed by atoms with Crippen molar-refractivity contribution in [2.24, 2.45) is 0 Å². The number of benzene rings is 1. The van der Waals surface area contributed by atoms with Gasteiger partial charge in [0.1, 0.15) is 17.2 Å². The third-order valence-electron chi connectivity index (χ3n) is 6.44. The maximum atomic E-state index is 14.9. The third kappa shape index (κ3) is 4.27. The maximum Gasteiger partial charge on any atom is 0.261 e. The molecule has 1 N–H and O–H groups in total. The van der Waals surface area contributed by atoms with Crippen LogP contribution in [-0.2, 0) is 0 Å². The number of hydrogen-bond acceptors (Lipinski definition) is 6. The molecule has 0 radical (unpaired) electrons. The Bertz CT molecular complexity index is 1550. The van der Waals surface area contributed by atoms with Crippen LogP contribution in [0.25, 0.3) is 28.2 Å². The molecule has 0 aliphatic heterocycles. The van der Waals surface area contributed by atoms with Gasteiger partial charge in [0.25, 0.3) is 5.91 Å². The van der Waals surface area contributed by atoms with Crippen LogP contribution in [0.3, 0.4) is 0 Å². The van der Waals surface area contributed by atoms with Gasteiger partial charge in [-0.3, -0.25) is 4.79 Å². The van der Waals surface area contributed by atoms with Crippen LogP contribution in [-0.4, -0.2) is 41.5 Å². The molecule has 4 heterocycles. The molecule has 11 heteroatoms. The highest BCUT2D eigenvalue weighted by atomic mass is 35.5. The van der Waals surface area contributed by atoms with Gasteiger partial charge < -0.3 is 9.88 Å². The smallest absolute Gasteiger partial charge is 0.261 e. The fourth-order valence-electron chi connectivity index (χ4n) is 4.86. The molecule has 1 aliphatic rings. The average molecular weight is 522 g/mol. The second kappa shape index (κ2) is 9.44. The predicted octanol–water partition coefficient (Wildman–Crippen LogP) is 5.45. The van der Waals surface area contributed by atoms with Crippen LogP contribution in [0.5, 0.6) is 0 Å². The SMILES string of the molecule is O=C(NC1CCC[C@@H](n2c(-c3ccccc3F)nc3cnc(-n4nccn4)cc32)C1)c1ccc(Cl)s1. The van der Waals surface area contributed by atoms with E-state index in [1.54, 1.807) is 48.9 Å². The number of aromatic nitrogens is 6. The molecule has 8 nitrogen and oxygen atoms in total. The molecule has 36 heavy (non-hydrogen) atoms. The second-order valence-corrected chi connectivity index (χ2v) is 10.4. The van der Waals surface area contributed by atoms with Crippen molar-refractivity contribution in [2.75, 3.05) is 0 Å². The van der Waals surface area contributed by atoms with Crippen molar-refractivity contribution in [3.8, 4) is 17.2 Å². The minimum absolute atomic E-state index is 0.00332. The predicted molar refractivity (Wildman–Crippen MR) is 136 cm³/mol. The van der Waals surface area contributed by atoms with E-state index in [2.05, 4.69) is 25.1 Å². The number of amides is 1. The number of carbonyl (C=O) groups excluding carboxylic acids is 1. The zero-order valence-corrected chi connectivity index (χ0v) is 20.6. The van der Waals surface area contributed by atoms with Crippen LogP contribution in [0.2, 0.25) is 4.34 Å². The number of nitrogens with one attached hydrogen (secondary N) is 1. The number of halogens is 2. The van der Waals surface area contributed by atoms with Crippen molar-refractivity contribution >= 4 is 39.9 Å². The van der Waals surface area contributed by atoms with Crippen molar-refractivity contribution in [3.63, 3.8) is 0 Å². The van der Waals surface area contributed by atoms with Crippen LogP contribution < -0.4 is 5.32 Å². The number of imidazole rings is 1. The largest absolute Gasteiger partial charge is 0.349 e. The van der Waals surface area contributed by atoms with Gasteiger partial charge in [0.2, 0.25) is 0 Å². The molecule has 1 saturated carbocycles. The summed E-state index contributed by atoms with van der Waals surface area (Å²) < 4.78 is 17.6. The highest BCUT2D eigenvalue weighted by Gasteiger charge is 2.29. The summed E-state index contributed by atoms with van der Waals surface area (Å²) in [5.41, 5.74) is 1.90. The van der Waals surface area contributed by atoms with Crippen LogP contribution in [0, 0.1) is 5.82 Å². The van der Waals surface area contributed by atoms with Gasteiger partial charge in [0, 0.05) is 18.2 Å². The minimum Gasteiger partial charge on any atom is -0.349 e. The monoisotopic (exact) mass is 521 g/mol. The van der Waals surface area contributed by atoms with Gasteiger partial charge in [-0.1, -0.05) is 23.7 Å². The Kier molecular flexibility index (Phi) is 5.98. The fourth-order valence-corrected chi connectivity index (χ4v) is 5.80. The summed E-state index contributed by atoms with van der Waals surface area (Å²) in [6.07, 6.45) is 8.18. The summed E-state index contributed by atoms with van der Waals surface area (Å²) in [5.74, 6) is 0.617. The van der Waals surface area contributed by atoms with Crippen molar-refractivity contribution in [1.29, 1.82) is 0 Å². The van der Waals surface area contributed by atoms with Gasteiger partial charge in [-0.2, -0.15) is 10.2 Å². The molecule has 2 atom stereocenters. The van der Waals surface area contributed by atoms with Crippen molar-refractivity contribution in [2.45, 2.75) is 37.8 Å². The van der Waals surface area contributed by atoms with Gasteiger partial charge in [-0.25, -0.2) is 14.4 Å². The molecule has 0 bridgehead atoms. The Morgan fingerprint density at radius 3 is 2.75 bits per heavy atom. The summed E-state index contributed by atoms with van der Waals surface area (Å²) in [5, 5.41) is 11.5. The summed E-state index contributed by atoms with van der Waals surface area (Å²) in [6, 6.07) is 11.9. The maximum absolute atomic E-state index is 14.9. The Morgan fingerprint density at radius 1 is 1.14 bits per heavy atom. The van der Waals surface area contributed by atoms with Gasteiger partial charge >= 0.3 is 0 Å². The topological polar surface area (TPSA) is 90.5 Å². The van der Waals surface area contributed by atoms with E-state index in [1.807, 2.05) is 6.07 Å². The Hall–Kier alpha value is -3.63. The number of rotatable bonds is 5. The lowest BCUT2D eigenvalue weighted by molar-refractivity contribution is 0.0925. The minimum atomic E-state index is -0.341. The zero-order chi connectivity index (χ0) is 24.6. The van der Waals surface area contributed by atoms with Crippen molar-refractivity contribution in [1.82, 2.24) is 34.8 Å². The van der Waals surface area contributed by atoms with Crippen LogP contribution in [0.1, 0.15) is 41.4 Å². The van der Waals surface area contributed by atoms with E-state index in [0.717, 1.165) is 24.8 Å². The van der Waals surface area contributed by atoms with E-state index in [4.69, 9.17) is 16.6 Å². The molecule has 1 fully saturated rings. The van der Waals surface area contributed by atoms with Gasteiger partial charge in [-0.05, 0) is 49.9 Å². The standard InChI is InChI=1S/C25H21ClFN7OS/c26-22-9-8-21(36-22)25(35)31-15-4-3-5-16(12-15)33-20-13-23(34-29-10-11-30-34)28-14-19(20)32-24(33)17-6-1-2-7-18(17)27/h1-2,6-11,13-16H,3-5,12H2,(H,31,35)/t15?,16-/m1/s1. The van der Waals surface area contributed by atoms with Crippen LogP contribution in [0.15, 0.2) is 61.1 Å². The molecule has 1 aromatic carbocycles. The molecule has 5 aromatic rings. The first-order chi connectivity index (χ1) is 17.6. The first-order valence-electron chi connectivity index (χ1n) is 11.6. The number of fused-ring (bicyclic) bond motifs is 1. The molecule has 182 valence electrons. The van der Waals surface area contributed by atoms with Crippen molar-refractivity contribution < 1.29 is 9.18 Å². The van der Waals surface area contributed by atoms with Gasteiger partial charge in [0.15, 0.2) is 5.82 Å². The number of pyridine rings is 1. The molecule has 4 aromatic heterocycles. The van der Waals surface area contributed by atoms with Crippen molar-refractivity contribution in [3.05, 3.63) is 76.1 Å². The van der Waals surface area contributed by atoms with Gasteiger partial charge in [-0.15, -0.1) is 16.1 Å². The van der Waals surface area contributed by atoms with Crippen LogP contribution >= 0.6 is 22.9 Å². The fraction of sp³-hybridized carbons (Fsp3) is 0.240. The highest BCUT2D eigenvalue weighted by Crippen LogP contribution is 2.37. The number of hydrogen-bond donors (Lipinski definition) is 1. The molecular formula is C25H21ClFN7OS. The van der Waals surface area contributed by atoms with E-state index < -0.39 is 0 Å². The molecule has 1 unspecified atom stereocenters. The quantitative estimate of drug-likeness (QED) is 0.332. The summed E-state index contributed by atoms with van der Waals surface area (Å²) in [4.78, 5) is 24.1. The van der Waals surface area contributed by atoms with Crippen LogP contribution in [0.4, 0.5) is 4.39 Å². The highest BCUT2D eigenvalue weighted by molar-refractivity contribution is 7.18. The number of carbonyl (C=O) groups is 1. The Balaban J connectivity index is 1.40. The summed E-state index contributed by atoms with van der Waals surface area (Å²) in [6.45, 7) is 0. The normalized spacial score (nSPS) is 17.9. The average Bonchev–Trinajstić information content (AvgIpc) is 3.64. The molecule has 0 spiro atoms. The number of thiophene rings is 1. The summed E-state index contributed by atoms with van der Waals surface area (Å²) in [7, 11) is 0. The molecule has 1 aliphatic carbocycles. The van der Waals surface area contributed by atoms with E-state index in [0.29, 0.717) is 38.4 Å².